The summed E-state index contributed by atoms with van der Waals surface area (Å²) in [7, 11) is 1.43. The molecule has 2 heterocycles. The number of nitrogens with zero attached hydrogens (tertiary/aromatic N) is 1. The quantitative estimate of drug-likeness (QED) is 0.908. The zero-order valence-corrected chi connectivity index (χ0v) is 12.9. The second-order valence-electron chi connectivity index (χ2n) is 5.23. The van der Waals surface area contributed by atoms with E-state index in [0.29, 0.717) is 11.5 Å². The molecule has 2 aromatic rings. The Bertz CT molecular complexity index is 956. The molecule has 1 aliphatic rings. The van der Waals surface area contributed by atoms with Gasteiger partial charge in [0.2, 0.25) is 5.88 Å². The largest absolute Gasteiger partial charge is 0.497 e. The Morgan fingerprint density at radius 2 is 2.12 bits per heavy atom. The van der Waals surface area contributed by atoms with Crippen LogP contribution in [0.15, 0.2) is 44.9 Å². The number of nitriles is 1. The normalized spacial score (nSPS) is 16.2. The lowest BCUT2D eigenvalue weighted by Gasteiger charge is -2.25. The van der Waals surface area contributed by atoms with E-state index in [2.05, 4.69) is 0 Å². The lowest BCUT2D eigenvalue weighted by Crippen LogP contribution is -2.26. The maximum Gasteiger partial charge on any atom is 0.343 e. The molecule has 0 fully saturated rings. The highest BCUT2D eigenvalue weighted by atomic mass is 19.1. The Hall–Kier alpha value is -3.27. The first-order chi connectivity index (χ1) is 11.5. The number of methoxy groups -OCH3 is 1. The molecule has 1 aromatic heterocycles. The molecule has 3 rings (SSSR count). The van der Waals surface area contributed by atoms with E-state index in [1.807, 2.05) is 6.07 Å². The summed E-state index contributed by atoms with van der Waals surface area (Å²) in [6.07, 6.45) is 0. The smallest absolute Gasteiger partial charge is 0.343 e. The number of halogens is 1. The molecule has 0 radical (unpaired) electrons. The zero-order chi connectivity index (χ0) is 17.4. The van der Waals surface area contributed by atoms with E-state index < -0.39 is 17.4 Å². The molecule has 0 amide bonds. The Balaban J connectivity index is 2.34. The standard InChI is InChI=1S/C17H13FN2O4/c1-8-5-13-15(17(21)23-8)14(11(7-19)16(20)24-13)10-6-9(22-2)3-4-12(10)18/h3-6,14H,20H2,1-2H3/t14-/m0/s1. The van der Waals surface area contributed by atoms with E-state index >= 15 is 0 Å². The molecule has 0 aliphatic carbocycles. The van der Waals surface area contributed by atoms with Crippen LogP contribution in [0.25, 0.3) is 0 Å². The van der Waals surface area contributed by atoms with Crippen molar-refractivity contribution < 1.29 is 18.3 Å². The summed E-state index contributed by atoms with van der Waals surface area (Å²) in [5, 5.41) is 9.43. The number of aryl methyl sites for hydroxylation is 1. The summed E-state index contributed by atoms with van der Waals surface area (Å²) in [5.41, 5.74) is 5.13. The van der Waals surface area contributed by atoms with Crippen LogP contribution in [0.4, 0.5) is 4.39 Å². The van der Waals surface area contributed by atoms with E-state index in [4.69, 9.17) is 19.6 Å². The first kappa shape index (κ1) is 15.6. The van der Waals surface area contributed by atoms with E-state index in [-0.39, 0.29) is 28.3 Å². The van der Waals surface area contributed by atoms with Crippen molar-refractivity contribution in [2.24, 2.45) is 5.73 Å². The van der Waals surface area contributed by atoms with Crippen LogP contribution in [0.2, 0.25) is 0 Å². The van der Waals surface area contributed by atoms with E-state index in [0.717, 1.165) is 0 Å². The third kappa shape index (κ3) is 2.38. The van der Waals surface area contributed by atoms with Crippen molar-refractivity contribution in [2.75, 3.05) is 7.11 Å². The lowest BCUT2D eigenvalue weighted by molar-refractivity contribution is 0.369. The molecule has 0 unspecified atom stereocenters. The van der Waals surface area contributed by atoms with Crippen LogP contribution >= 0.6 is 0 Å². The number of fused-ring (bicyclic) bond motifs is 1. The molecule has 7 heteroatoms. The minimum absolute atomic E-state index is 0.0264. The summed E-state index contributed by atoms with van der Waals surface area (Å²) in [6.45, 7) is 1.58. The Morgan fingerprint density at radius 1 is 1.38 bits per heavy atom. The van der Waals surface area contributed by atoms with Crippen LogP contribution in [0.1, 0.15) is 22.8 Å². The molecule has 24 heavy (non-hydrogen) atoms. The summed E-state index contributed by atoms with van der Waals surface area (Å²) in [4.78, 5) is 12.3. The highest BCUT2D eigenvalue weighted by molar-refractivity contribution is 5.55. The second kappa shape index (κ2) is 5.74. The minimum atomic E-state index is -1.04. The summed E-state index contributed by atoms with van der Waals surface area (Å²) < 4.78 is 30.0. The number of rotatable bonds is 2. The fourth-order valence-electron chi connectivity index (χ4n) is 2.70. The third-order valence-electron chi connectivity index (χ3n) is 3.77. The van der Waals surface area contributed by atoms with Gasteiger partial charge in [0.25, 0.3) is 0 Å². The third-order valence-corrected chi connectivity index (χ3v) is 3.77. The maximum atomic E-state index is 14.4. The predicted octanol–water partition coefficient (Wildman–Crippen LogP) is 2.31. The zero-order valence-electron chi connectivity index (χ0n) is 12.9. The van der Waals surface area contributed by atoms with Crippen LogP contribution in [0, 0.1) is 24.1 Å². The van der Waals surface area contributed by atoms with Gasteiger partial charge in [-0.3, -0.25) is 0 Å². The van der Waals surface area contributed by atoms with E-state index in [9.17, 15) is 14.4 Å². The average Bonchev–Trinajstić information content (AvgIpc) is 2.53. The van der Waals surface area contributed by atoms with Crippen molar-refractivity contribution in [3.63, 3.8) is 0 Å². The molecule has 0 spiro atoms. The van der Waals surface area contributed by atoms with Crippen LogP contribution in [0.3, 0.4) is 0 Å². The van der Waals surface area contributed by atoms with Gasteiger partial charge < -0.3 is 19.6 Å². The predicted molar refractivity (Wildman–Crippen MR) is 82.0 cm³/mol. The molecule has 6 nitrogen and oxygen atoms in total. The summed E-state index contributed by atoms with van der Waals surface area (Å²) in [6, 6.07) is 7.42. The Kier molecular flexibility index (Phi) is 3.73. The Labute approximate surface area is 136 Å². The van der Waals surface area contributed by atoms with Gasteiger partial charge in [0.05, 0.1) is 18.6 Å². The van der Waals surface area contributed by atoms with Crippen molar-refractivity contribution in [2.45, 2.75) is 12.8 Å². The van der Waals surface area contributed by atoms with Crippen molar-refractivity contribution in [1.29, 1.82) is 5.26 Å². The molecular formula is C17H13FN2O4. The van der Waals surface area contributed by atoms with Crippen molar-refractivity contribution >= 4 is 0 Å². The van der Waals surface area contributed by atoms with E-state index in [1.54, 1.807) is 6.92 Å². The molecule has 1 aromatic carbocycles. The van der Waals surface area contributed by atoms with Crippen molar-refractivity contribution in [3.8, 4) is 17.6 Å². The molecule has 1 atom stereocenters. The fraction of sp³-hybridized carbons (Fsp3) is 0.176. The average molecular weight is 328 g/mol. The topological polar surface area (TPSA) is 98.5 Å². The number of hydrogen-bond donors (Lipinski definition) is 1. The highest BCUT2D eigenvalue weighted by Crippen LogP contribution is 2.42. The molecule has 0 saturated carbocycles. The van der Waals surface area contributed by atoms with Crippen LogP contribution in [0.5, 0.6) is 11.5 Å². The number of hydrogen-bond acceptors (Lipinski definition) is 6. The molecule has 122 valence electrons. The van der Waals surface area contributed by atoms with Gasteiger partial charge in [0.15, 0.2) is 0 Å². The Morgan fingerprint density at radius 3 is 2.79 bits per heavy atom. The van der Waals surface area contributed by atoms with Crippen LogP contribution in [-0.4, -0.2) is 7.11 Å². The number of benzene rings is 1. The fourth-order valence-corrected chi connectivity index (χ4v) is 2.70. The lowest BCUT2D eigenvalue weighted by atomic mass is 9.84. The van der Waals surface area contributed by atoms with Gasteiger partial charge in [-0.2, -0.15) is 5.26 Å². The monoisotopic (exact) mass is 328 g/mol. The number of allylic oxidation sites excluding steroid dienone is 1. The van der Waals surface area contributed by atoms with E-state index in [1.165, 1.54) is 31.4 Å². The van der Waals surface area contributed by atoms with Crippen molar-refractivity contribution in [3.05, 3.63) is 68.8 Å². The van der Waals surface area contributed by atoms with Gasteiger partial charge in [0, 0.05) is 11.6 Å². The highest BCUT2D eigenvalue weighted by Gasteiger charge is 2.36. The SMILES string of the molecule is COc1ccc(F)c([C@H]2C(C#N)=C(N)Oc3cc(C)oc(=O)c32)c1. The van der Waals surface area contributed by atoms with Gasteiger partial charge in [-0.25, -0.2) is 9.18 Å². The minimum Gasteiger partial charge on any atom is -0.497 e. The van der Waals surface area contributed by atoms with Crippen molar-refractivity contribution in [1.82, 2.24) is 0 Å². The van der Waals surface area contributed by atoms with Crippen LogP contribution in [-0.2, 0) is 0 Å². The first-order valence-corrected chi connectivity index (χ1v) is 7.02. The summed E-state index contributed by atoms with van der Waals surface area (Å²) >= 11 is 0. The summed E-state index contributed by atoms with van der Waals surface area (Å²) in [5.74, 6) is -0.974. The maximum absolute atomic E-state index is 14.4. The molecular weight excluding hydrogens is 315 g/mol. The van der Waals surface area contributed by atoms with Gasteiger partial charge in [-0.1, -0.05) is 0 Å². The first-order valence-electron chi connectivity index (χ1n) is 7.02. The molecule has 1 aliphatic heterocycles. The molecule has 0 bridgehead atoms. The number of nitrogens with two attached hydrogens (primary N) is 1. The van der Waals surface area contributed by atoms with Gasteiger partial charge in [0.1, 0.15) is 34.7 Å². The van der Waals surface area contributed by atoms with Crippen LogP contribution < -0.4 is 20.8 Å². The molecule has 2 N–H and O–H groups in total. The molecule has 0 saturated heterocycles. The second-order valence-corrected chi connectivity index (χ2v) is 5.23. The van der Waals surface area contributed by atoms with Gasteiger partial charge >= 0.3 is 5.63 Å². The number of ether oxygens (including phenoxy) is 2. The van der Waals surface area contributed by atoms with Gasteiger partial charge in [-0.05, 0) is 25.1 Å². The van der Waals surface area contributed by atoms with Gasteiger partial charge in [-0.15, -0.1) is 0 Å².